The number of hydrogen-bond acceptors (Lipinski definition) is 4. The Morgan fingerprint density at radius 3 is 2.78 bits per heavy atom. The molecule has 0 saturated heterocycles. The molecule has 0 spiro atoms. The number of hydrogen-bond donors (Lipinski definition) is 2. The second kappa shape index (κ2) is 7.97. The molecule has 0 aromatic carbocycles. The smallest absolute Gasteiger partial charge is 0.183 e. The molecule has 2 rings (SSSR count). The van der Waals surface area contributed by atoms with Crippen molar-refractivity contribution >= 4 is 28.9 Å². The van der Waals surface area contributed by atoms with E-state index in [0.717, 1.165) is 31.1 Å². The van der Waals surface area contributed by atoms with Gasteiger partial charge in [-0.05, 0) is 38.6 Å². The Hall–Kier alpha value is -0.320. The molecule has 1 aliphatic rings. The minimum absolute atomic E-state index is 0. The van der Waals surface area contributed by atoms with Crippen molar-refractivity contribution in [2.45, 2.75) is 52.0 Å². The summed E-state index contributed by atoms with van der Waals surface area (Å²) >= 11 is 1.85. The first-order valence-electron chi connectivity index (χ1n) is 6.79. The van der Waals surface area contributed by atoms with Gasteiger partial charge in [-0.25, -0.2) is 4.98 Å². The largest absolute Gasteiger partial charge is 0.362 e. The van der Waals surface area contributed by atoms with E-state index in [2.05, 4.69) is 29.5 Å². The molecule has 0 bridgehead atoms. The van der Waals surface area contributed by atoms with Gasteiger partial charge in [0.2, 0.25) is 0 Å². The highest BCUT2D eigenvalue weighted by Crippen LogP contribution is 2.29. The highest BCUT2D eigenvalue weighted by atomic mass is 35.5. The summed E-state index contributed by atoms with van der Waals surface area (Å²) in [5.41, 5.74) is 1.34. The quantitative estimate of drug-likeness (QED) is 0.844. The molecule has 3 nitrogen and oxygen atoms in total. The van der Waals surface area contributed by atoms with Crippen molar-refractivity contribution in [3.8, 4) is 0 Å². The van der Waals surface area contributed by atoms with E-state index in [1.165, 1.54) is 29.8 Å². The van der Waals surface area contributed by atoms with E-state index in [1.807, 2.05) is 11.3 Å². The minimum Gasteiger partial charge on any atom is -0.362 e. The fourth-order valence-electron chi connectivity index (χ4n) is 2.21. The first-order chi connectivity index (χ1) is 8.33. The zero-order valence-electron chi connectivity index (χ0n) is 11.3. The zero-order valence-corrected chi connectivity index (χ0v) is 12.9. The van der Waals surface area contributed by atoms with Crippen LogP contribution in [0.1, 0.15) is 43.7 Å². The van der Waals surface area contributed by atoms with Gasteiger partial charge in [-0.2, -0.15) is 0 Å². The predicted octanol–water partition coefficient (Wildman–Crippen LogP) is 3.24. The van der Waals surface area contributed by atoms with Crippen LogP contribution in [-0.2, 0) is 12.8 Å². The van der Waals surface area contributed by atoms with Gasteiger partial charge >= 0.3 is 0 Å². The summed E-state index contributed by atoms with van der Waals surface area (Å²) in [5, 5.41) is 8.14. The van der Waals surface area contributed by atoms with Crippen molar-refractivity contribution in [1.82, 2.24) is 10.3 Å². The Kier molecular flexibility index (Phi) is 6.97. The molecule has 1 aromatic rings. The zero-order chi connectivity index (χ0) is 12.1. The van der Waals surface area contributed by atoms with Crippen molar-refractivity contribution in [3.05, 3.63) is 10.6 Å². The molecule has 104 valence electrons. The molecule has 18 heavy (non-hydrogen) atoms. The Labute approximate surface area is 120 Å². The topological polar surface area (TPSA) is 37.0 Å². The van der Waals surface area contributed by atoms with Crippen LogP contribution in [0.25, 0.3) is 0 Å². The third kappa shape index (κ3) is 4.11. The first kappa shape index (κ1) is 15.7. The van der Waals surface area contributed by atoms with Crippen LogP contribution in [0.5, 0.6) is 0 Å². The summed E-state index contributed by atoms with van der Waals surface area (Å²) in [6, 6.07) is 0.668. The monoisotopic (exact) mass is 289 g/mol. The van der Waals surface area contributed by atoms with E-state index in [9.17, 15) is 0 Å². The van der Waals surface area contributed by atoms with Gasteiger partial charge in [0.25, 0.3) is 0 Å². The SMILES string of the molecule is CCCNc1nc2c(s1)CC(NCCC)CC2.Cl. The highest BCUT2D eigenvalue weighted by molar-refractivity contribution is 7.15. The van der Waals surface area contributed by atoms with E-state index in [-0.39, 0.29) is 12.4 Å². The molecule has 1 aromatic heterocycles. The van der Waals surface area contributed by atoms with Crippen LogP contribution in [0.4, 0.5) is 5.13 Å². The number of aryl methyl sites for hydroxylation is 1. The molecule has 0 amide bonds. The third-order valence-corrected chi connectivity index (χ3v) is 4.23. The van der Waals surface area contributed by atoms with Crippen LogP contribution in [0.2, 0.25) is 0 Å². The lowest BCUT2D eigenvalue weighted by atomic mass is 9.98. The number of halogens is 1. The van der Waals surface area contributed by atoms with Gasteiger partial charge in [0, 0.05) is 17.5 Å². The van der Waals surface area contributed by atoms with Gasteiger partial charge in [-0.15, -0.1) is 23.7 Å². The van der Waals surface area contributed by atoms with Crippen LogP contribution in [-0.4, -0.2) is 24.1 Å². The normalized spacial score (nSPS) is 18.0. The maximum absolute atomic E-state index is 4.68. The molecule has 1 atom stereocenters. The lowest BCUT2D eigenvalue weighted by Crippen LogP contribution is -2.34. The fraction of sp³-hybridized carbons (Fsp3) is 0.769. The maximum atomic E-state index is 4.68. The Morgan fingerprint density at radius 2 is 2.06 bits per heavy atom. The van der Waals surface area contributed by atoms with E-state index in [1.54, 1.807) is 0 Å². The van der Waals surface area contributed by atoms with Crippen molar-refractivity contribution < 1.29 is 0 Å². The van der Waals surface area contributed by atoms with Gasteiger partial charge in [-0.3, -0.25) is 0 Å². The second-order valence-corrected chi connectivity index (χ2v) is 5.79. The second-order valence-electron chi connectivity index (χ2n) is 4.71. The summed E-state index contributed by atoms with van der Waals surface area (Å²) in [6.45, 7) is 6.58. The minimum atomic E-state index is 0. The summed E-state index contributed by atoms with van der Waals surface area (Å²) in [5.74, 6) is 0. The highest BCUT2D eigenvalue weighted by Gasteiger charge is 2.21. The number of nitrogens with zero attached hydrogens (tertiary/aromatic N) is 1. The van der Waals surface area contributed by atoms with Gasteiger partial charge < -0.3 is 10.6 Å². The van der Waals surface area contributed by atoms with E-state index < -0.39 is 0 Å². The summed E-state index contributed by atoms with van der Waals surface area (Å²) < 4.78 is 0. The summed E-state index contributed by atoms with van der Waals surface area (Å²) in [7, 11) is 0. The van der Waals surface area contributed by atoms with Gasteiger partial charge in [0.1, 0.15) is 0 Å². The molecule has 0 aliphatic heterocycles. The lowest BCUT2D eigenvalue weighted by Gasteiger charge is -2.21. The van der Waals surface area contributed by atoms with Crippen LogP contribution in [0.3, 0.4) is 0 Å². The van der Waals surface area contributed by atoms with Crippen molar-refractivity contribution in [3.63, 3.8) is 0 Å². The van der Waals surface area contributed by atoms with Crippen LogP contribution >= 0.6 is 23.7 Å². The number of thiazole rings is 1. The fourth-order valence-corrected chi connectivity index (χ4v) is 3.32. The van der Waals surface area contributed by atoms with E-state index in [0.29, 0.717) is 6.04 Å². The lowest BCUT2D eigenvalue weighted by molar-refractivity contribution is 0.460. The van der Waals surface area contributed by atoms with Crippen molar-refractivity contribution in [2.75, 3.05) is 18.4 Å². The number of nitrogens with one attached hydrogen (secondary N) is 2. The van der Waals surface area contributed by atoms with E-state index >= 15 is 0 Å². The molecule has 0 radical (unpaired) electrons. The summed E-state index contributed by atoms with van der Waals surface area (Å²) in [4.78, 5) is 6.17. The number of fused-ring (bicyclic) bond motifs is 1. The number of aromatic nitrogens is 1. The molecule has 2 N–H and O–H groups in total. The van der Waals surface area contributed by atoms with Crippen LogP contribution in [0, 0.1) is 0 Å². The molecule has 1 heterocycles. The van der Waals surface area contributed by atoms with Crippen molar-refractivity contribution in [2.24, 2.45) is 0 Å². The Bertz CT molecular complexity index is 354. The van der Waals surface area contributed by atoms with Crippen LogP contribution < -0.4 is 10.6 Å². The molecule has 0 fully saturated rings. The molecular weight excluding hydrogens is 266 g/mol. The molecule has 0 saturated carbocycles. The maximum Gasteiger partial charge on any atom is 0.183 e. The third-order valence-electron chi connectivity index (χ3n) is 3.15. The average molecular weight is 290 g/mol. The van der Waals surface area contributed by atoms with Gasteiger partial charge in [0.05, 0.1) is 5.69 Å². The van der Waals surface area contributed by atoms with E-state index in [4.69, 9.17) is 0 Å². The molecular formula is C13H24ClN3S. The molecule has 1 aliphatic carbocycles. The van der Waals surface area contributed by atoms with Gasteiger partial charge in [0.15, 0.2) is 5.13 Å². The molecule has 5 heteroatoms. The number of anilines is 1. The van der Waals surface area contributed by atoms with Crippen LogP contribution in [0.15, 0.2) is 0 Å². The van der Waals surface area contributed by atoms with Gasteiger partial charge in [-0.1, -0.05) is 13.8 Å². The number of rotatable bonds is 6. The Morgan fingerprint density at radius 1 is 1.28 bits per heavy atom. The first-order valence-corrected chi connectivity index (χ1v) is 7.61. The average Bonchev–Trinajstić information content (AvgIpc) is 2.75. The predicted molar refractivity (Wildman–Crippen MR) is 82.2 cm³/mol. The standard InChI is InChI=1S/C13H23N3S.ClH/c1-3-7-14-10-5-6-11-12(9-10)17-13(16-11)15-8-4-2;/h10,14H,3-9H2,1-2H3,(H,15,16);1H. The summed E-state index contributed by atoms with van der Waals surface area (Å²) in [6.07, 6.45) is 5.92. The Balaban J connectivity index is 0.00000162. The van der Waals surface area contributed by atoms with Crippen molar-refractivity contribution in [1.29, 1.82) is 0 Å². The molecule has 1 unspecified atom stereocenters.